The Morgan fingerprint density at radius 1 is 1.20 bits per heavy atom. The second kappa shape index (κ2) is 8.53. The number of anilines is 1. The third-order valence-electron chi connectivity index (χ3n) is 3.91. The summed E-state index contributed by atoms with van der Waals surface area (Å²) in [6.45, 7) is 4.09. The van der Waals surface area contributed by atoms with Crippen LogP contribution in [0.4, 0.5) is 5.69 Å². The highest BCUT2D eigenvalue weighted by atomic mass is 35.5. The molecular formula is C19H21ClN2O3. The SMILES string of the molecule is CCC(C)C(=O)Nc1cccc(CNC(=O)c2cc(Cl)ccc2O)c1. The molecule has 0 spiro atoms. The second-order valence-corrected chi connectivity index (χ2v) is 6.28. The van der Waals surface area contributed by atoms with Crippen molar-refractivity contribution in [3.8, 4) is 5.75 Å². The van der Waals surface area contributed by atoms with Crippen molar-refractivity contribution in [2.45, 2.75) is 26.8 Å². The number of phenols is 1. The van der Waals surface area contributed by atoms with Crippen LogP contribution in [-0.2, 0) is 11.3 Å². The van der Waals surface area contributed by atoms with Crippen molar-refractivity contribution in [3.63, 3.8) is 0 Å². The third kappa shape index (κ3) is 5.22. The van der Waals surface area contributed by atoms with E-state index < -0.39 is 5.91 Å². The molecule has 0 aliphatic carbocycles. The number of halogens is 1. The molecule has 0 fully saturated rings. The first-order chi connectivity index (χ1) is 11.9. The number of benzene rings is 2. The molecule has 0 radical (unpaired) electrons. The van der Waals surface area contributed by atoms with Crippen LogP contribution in [0.25, 0.3) is 0 Å². The lowest BCUT2D eigenvalue weighted by Gasteiger charge is -2.12. The van der Waals surface area contributed by atoms with Crippen LogP contribution in [0, 0.1) is 5.92 Å². The molecular weight excluding hydrogens is 340 g/mol. The maximum atomic E-state index is 12.2. The maximum absolute atomic E-state index is 12.2. The van der Waals surface area contributed by atoms with Gasteiger partial charge in [0.25, 0.3) is 5.91 Å². The van der Waals surface area contributed by atoms with E-state index in [1.807, 2.05) is 26.0 Å². The van der Waals surface area contributed by atoms with Gasteiger partial charge < -0.3 is 15.7 Å². The van der Waals surface area contributed by atoms with Gasteiger partial charge in [-0.05, 0) is 42.3 Å². The molecule has 3 N–H and O–H groups in total. The van der Waals surface area contributed by atoms with Crippen LogP contribution in [0.3, 0.4) is 0 Å². The van der Waals surface area contributed by atoms with E-state index >= 15 is 0 Å². The van der Waals surface area contributed by atoms with E-state index in [-0.39, 0.29) is 29.7 Å². The monoisotopic (exact) mass is 360 g/mol. The Morgan fingerprint density at radius 3 is 2.68 bits per heavy atom. The molecule has 1 atom stereocenters. The molecule has 0 aliphatic heterocycles. The van der Waals surface area contributed by atoms with Gasteiger partial charge in [0, 0.05) is 23.2 Å². The van der Waals surface area contributed by atoms with E-state index in [1.165, 1.54) is 18.2 Å². The highest BCUT2D eigenvalue weighted by Crippen LogP contribution is 2.21. The summed E-state index contributed by atoms with van der Waals surface area (Å²) < 4.78 is 0. The molecule has 25 heavy (non-hydrogen) atoms. The predicted octanol–water partition coefficient (Wildman–Crippen LogP) is 3.96. The van der Waals surface area contributed by atoms with E-state index in [9.17, 15) is 14.7 Å². The molecule has 5 nitrogen and oxygen atoms in total. The van der Waals surface area contributed by atoms with Crippen LogP contribution in [0.15, 0.2) is 42.5 Å². The van der Waals surface area contributed by atoms with Crippen molar-refractivity contribution in [3.05, 3.63) is 58.6 Å². The number of carbonyl (C=O) groups excluding carboxylic acids is 2. The van der Waals surface area contributed by atoms with Gasteiger partial charge in [0.2, 0.25) is 5.91 Å². The van der Waals surface area contributed by atoms with Crippen molar-refractivity contribution in [2.24, 2.45) is 5.92 Å². The van der Waals surface area contributed by atoms with Gasteiger partial charge in [0.15, 0.2) is 0 Å². The molecule has 2 aromatic rings. The Balaban J connectivity index is 2.01. The van der Waals surface area contributed by atoms with Crippen LogP contribution in [-0.4, -0.2) is 16.9 Å². The van der Waals surface area contributed by atoms with Gasteiger partial charge in [-0.15, -0.1) is 0 Å². The van der Waals surface area contributed by atoms with Gasteiger partial charge in [0.1, 0.15) is 5.75 Å². The summed E-state index contributed by atoms with van der Waals surface area (Å²) >= 11 is 5.85. The van der Waals surface area contributed by atoms with E-state index in [1.54, 1.807) is 12.1 Å². The zero-order valence-electron chi connectivity index (χ0n) is 14.2. The fourth-order valence-electron chi connectivity index (χ4n) is 2.18. The number of rotatable bonds is 6. The van der Waals surface area contributed by atoms with Crippen LogP contribution in [0.1, 0.15) is 36.2 Å². The molecule has 0 aliphatic rings. The minimum atomic E-state index is -0.422. The first kappa shape index (κ1) is 18.8. The highest BCUT2D eigenvalue weighted by Gasteiger charge is 2.13. The first-order valence-corrected chi connectivity index (χ1v) is 8.45. The molecule has 0 bridgehead atoms. The summed E-state index contributed by atoms with van der Waals surface area (Å²) in [6.07, 6.45) is 0.769. The first-order valence-electron chi connectivity index (χ1n) is 8.07. The largest absolute Gasteiger partial charge is 0.507 e. The summed E-state index contributed by atoms with van der Waals surface area (Å²) in [4.78, 5) is 24.1. The molecule has 0 heterocycles. The van der Waals surface area contributed by atoms with Crippen LogP contribution >= 0.6 is 11.6 Å². The smallest absolute Gasteiger partial charge is 0.255 e. The van der Waals surface area contributed by atoms with Crippen LogP contribution < -0.4 is 10.6 Å². The lowest BCUT2D eigenvalue weighted by Crippen LogP contribution is -2.23. The topological polar surface area (TPSA) is 78.4 Å². The number of amides is 2. The summed E-state index contributed by atoms with van der Waals surface area (Å²) in [5.41, 5.74) is 1.63. The molecule has 2 rings (SSSR count). The molecule has 132 valence electrons. The molecule has 6 heteroatoms. The van der Waals surface area contributed by atoms with Gasteiger partial charge in [0.05, 0.1) is 5.56 Å². The average molecular weight is 361 g/mol. The third-order valence-corrected chi connectivity index (χ3v) is 4.15. The highest BCUT2D eigenvalue weighted by molar-refractivity contribution is 6.31. The molecule has 0 aromatic heterocycles. The lowest BCUT2D eigenvalue weighted by atomic mass is 10.1. The van der Waals surface area contributed by atoms with Gasteiger partial charge >= 0.3 is 0 Å². The molecule has 0 saturated heterocycles. The minimum absolute atomic E-state index is 0.0347. The summed E-state index contributed by atoms with van der Waals surface area (Å²) in [6, 6.07) is 11.6. The number of aromatic hydroxyl groups is 1. The summed E-state index contributed by atoms with van der Waals surface area (Å²) in [5, 5.41) is 15.7. The van der Waals surface area contributed by atoms with E-state index in [0.717, 1.165) is 12.0 Å². The van der Waals surface area contributed by atoms with Gasteiger partial charge in [-0.1, -0.05) is 37.6 Å². The standard InChI is InChI=1S/C19H21ClN2O3/c1-3-12(2)18(24)22-15-6-4-5-13(9-15)11-21-19(25)16-10-14(20)7-8-17(16)23/h4-10,12,23H,3,11H2,1-2H3,(H,21,25)(H,22,24). The Hall–Kier alpha value is -2.53. The van der Waals surface area contributed by atoms with Gasteiger partial charge in [-0.3, -0.25) is 9.59 Å². The number of hydrogen-bond donors (Lipinski definition) is 3. The Labute approximate surface area is 152 Å². The Morgan fingerprint density at radius 2 is 1.96 bits per heavy atom. The summed E-state index contributed by atoms with van der Waals surface area (Å²) in [5.74, 6) is -0.646. The zero-order valence-corrected chi connectivity index (χ0v) is 14.9. The molecule has 0 saturated carbocycles. The maximum Gasteiger partial charge on any atom is 0.255 e. The van der Waals surface area contributed by atoms with Crippen molar-refractivity contribution in [1.29, 1.82) is 0 Å². The predicted molar refractivity (Wildman–Crippen MR) is 98.8 cm³/mol. The second-order valence-electron chi connectivity index (χ2n) is 5.84. The number of nitrogens with one attached hydrogen (secondary N) is 2. The van der Waals surface area contributed by atoms with Gasteiger partial charge in [-0.25, -0.2) is 0 Å². The van der Waals surface area contributed by atoms with Crippen molar-refractivity contribution >= 4 is 29.1 Å². The number of carbonyl (C=O) groups is 2. The lowest BCUT2D eigenvalue weighted by molar-refractivity contribution is -0.119. The van der Waals surface area contributed by atoms with E-state index in [4.69, 9.17) is 11.6 Å². The average Bonchev–Trinajstić information content (AvgIpc) is 2.61. The van der Waals surface area contributed by atoms with Gasteiger partial charge in [-0.2, -0.15) is 0 Å². The van der Waals surface area contributed by atoms with Crippen molar-refractivity contribution in [1.82, 2.24) is 5.32 Å². The molecule has 2 aromatic carbocycles. The van der Waals surface area contributed by atoms with E-state index in [0.29, 0.717) is 10.7 Å². The van der Waals surface area contributed by atoms with Crippen molar-refractivity contribution < 1.29 is 14.7 Å². The van der Waals surface area contributed by atoms with Crippen LogP contribution in [0.5, 0.6) is 5.75 Å². The Bertz CT molecular complexity index is 777. The Kier molecular flexibility index (Phi) is 6.42. The van der Waals surface area contributed by atoms with E-state index in [2.05, 4.69) is 10.6 Å². The normalized spacial score (nSPS) is 11.6. The number of phenolic OH excluding ortho intramolecular Hbond substituents is 1. The number of hydrogen-bond acceptors (Lipinski definition) is 3. The molecule has 1 unspecified atom stereocenters. The van der Waals surface area contributed by atoms with Crippen LogP contribution in [0.2, 0.25) is 5.02 Å². The summed E-state index contributed by atoms with van der Waals surface area (Å²) in [7, 11) is 0. The minimum Gasteiger partial charge on any atom is -0.507 e. The van der Waals surface area contributed by atoms with Crippen molar-refractivity contribution in [2.75, 3.05) is 5.32 Å². The fraction of sp³-hybridized carbons (Fsp3) is 0.263. The zero-order chi connectivity index (χ0) is 18.4. The quantitative estimate of drug-likeness (QED) is 0.729. The molecule has 2 amide bonds. The fourth-order valence-corrected chi connectivity index (χ4v) is 2.35.